The number of carbonyl (C=O) groups excluding carboxylic acids is 2. The number of carboxylic acid groups (broad SMARTS) is 1. The summed E-state index contributed by atoms with van der Waals surface area (Å²) in [5.41, 5.74) is 0.627. The summed E-state index contributed by atoms with van der Waals surface area (Å²) in [5.74, 6) is -1.54. The fourth-order valence-electron chi connectivity index (χ4n) is 2.32. The molecule has 0 saturated heterocycles. The smallest absolute Gasteiger partial charge is 0.230 e. The quantitative estimate of drug-likeness (QED) is 0.451. The first-order valence-corrected chi connectivity index (χ1v) is 8.69. The van der Waals surface area contributed by atoms with E-state index in [1.807, 2.05) is 12.1 Å². The van der Waals surface area contributed by atoms with Crippen LogP contribution in [0.5, 0.6) is 0 Å². The molecule has 1 rings (SSSR count). The van der Waals surface area contributed by atoms with Crippen molar-refractivity contribution < 1.29 is 24.9 Å². The summed E-state index contributed by atoms with van der Waals surface area (Å²) in [6.07, 6.45) is -0.114. The number of likely N-dealkylation sites (N-methyl/N-ethyl adjacent to an activating group) is 1. The Morgan fingerprint density at radius 3 is 2.52 bits per heavy atom. The highest BCUT2D eigenvalue weighted by Gasteiger charge is 2.19. The molecule has 6 nitrogen and oxygen atoms in total. The molecular weight excluding hydrogens is 362 g/mol. The average Bonchev–Trinajstić information content (AvgIpc) is 2.52. The zero-order valence-corrected chi connectivity index (χ0v) is 15.2. The highest BCUT2D eigenvalue weighted by atomic mass is 79.9. The summed E-state index contributed by atoms with van der Waals surface area (Å²) < 4.78 is 0.757. The van der Waals surface area contributed by atoms with Crippen molar-refractivity contribution in [3.63, 3.8) is 0 Å². The van der Waals surface area contributed by atoms with Crippen LogP contribution in [0.25, 0.3) is 0 Å². The number of hydrogen-bond acceptors (Lipinski definition) is 3. The zero-order chi connectivity index (χ0) is 17.2. The lowest BCUT2D eigenvalue weighted by Crippen LogP contribution is -3.14. The standard InChI is InChI=1S/C16H24BrN3O3/c1-3-20(4-2)10-9-18-14(16(22)23)11-15(21)19-13-8-6-5-7-12(13)17/h5-8,14,18H,3-4,9-11H2,1-2H3,(H,19,21)(H,22,23)/p+1/t14-/m1/s1. The molecule has 0 aliphatic heterocycles. The van der Waals surface area contributed by atoms with Gasteiger partial charge in [0.05, 0.1) is 31.2 Å². The molecule has 7 heteroatoms. The second kappa shape index (κ2) is 10.4. The molecule has 0 spiro atoms. The molecule has 0 radical (unpaired) electrons. The van der Waals surface area contributed by atoms with Crippen LogP contribution in [-0.2, 0) is 9.59 Å². The minimum absolute atomic E-state index is 0.114. The monoisotopic (exact) mass is 386 g/mol. The summed E-state index contributed by atoms with van der Waals surface area (Å²) in [5, 5.41) is 15.6. The molecule has 0 saturated carbocycles. The number of para-hydroxylation sites is 1. The molecule has 1 aromatic carbocycles. The van der Waals surface area contributed by atoms with Crippen LogP contribution < -0.4 is 20.6 Å². The Bertz CT molecular complexity index is 521. The van der Waals surface area contributed by atoms with Gasteiger partial charge in [-0.2, -0.15) is 0 Å². The SMILES string of the molecule is CC[NH+](CC)CC[NH2+][C@H](CC(=O)Nc1ccccc1Br)C(=O)[O-]. The van der Waals surface area contributed by atoms with Crippen LogP contribution in [0.15, 0.2) is 28.7 Å². The Morgan fingerprint density at radius 2 is 1.96 bits per heavy atom. The average molecular weight is 387 g/mol. The second-order valence-electron chi connectivity index (χ2n) is 5.39. The number of benzene rings is 1. The largest absolute Gasteiger partial charge is 0.544 e. The lowest BCUT2D eigenvalue weighted by atomic mass is 10.2. The molecular formula is C16H25BrN3O3+. The van der Waals surface area contributed by atoms with E-state index in [0.717, 1.165) is 24.1 Å². The van der Waals surface area contributed by atoms with Gasteiger partial charge in [0.1, 0.15) is 19.1 Å². The fraction of sp³-hybridized carbons (Fsp3) is 0.500. The van der Waals surface area contributed by atoms with E-state index in [2.05, 4.69) is 35.1 Å². The molecule has 1 amide bonds. The molecule has 0 bridgehead atoms. The fourth-order valence-corrected chi connectivity index (χ4v) is 2.70. The van der Waals surface area contributed by atoms with E-state index in [9.17, 15) is 14.7 Å². The normalized spacial score (nSPS) is 12.2. The Kier molecular flexibility index (Phi) is 8.83. The van der Waals surface area contributed by atoms with Crippen LogP contribution >= 0.6 is 15.9 Å². The van der Waals surface area contributed by atoms with Gasteiger partial charge < -0.3 is 25.4 Å². The topological polar surface area (TPSA) is 90.3 Å². The number of aliphatic carboxylic acids is 1. The molecule has 0 heterocycles. The summed E-state index contributed by atoms with van der Waals surface area (Å²) in [4.78, 5) is 24.7. The van der Waals surface area contributed by atoms with Gasteiger partial charge in [0.2, 0.25) is 5.91 Å². The van der Waals surface area contributed by atoms with Crippen LogP contribution in [0.2, 0.25) is 0 Å². The first-order chi connectivity index (χ1) is 11.0. The van der Waals surface area contributed by atoms with Gasteiger partial charge in [0, 0.05) is 4.47 Å². The van der Waals surface area contributed by atoms with Gasteiger partial charge in [-0.25, -0.2) is 0 Å². The van der Waals surface area contributed by atoms with Gasteiger partial charge in [-0.05, 0) is 41.9 Å². The van der Waals surface area contributed by atoms with Gasteiger partial charge in [-0.15, -0.1) is 0 Å². The number of halogens is 1. The number of nitrogens with two attached hydrogens (primary N) is 1. The van der Waals surface area contributed by atoms with Crippen molar-refractivity contribution in [2.75, 3.05) is 31.5 Å². The number of carbonyl (C=O) groups is 2. The van der Waals surface area contributed by atoms with Gasteiger partial charge >= 0.3 is 0 Å². The predicted octanol–water partition coefficient (Wildman–Crippen LogP) is -1.62. The molecule has 23 heavy (non-hydrogen) atoms. The van der Waals surface area contributed by atoms with Gasteiger partial charge in [-0.1, -0.05) is 12.1 Å². The lowest BCUT2D eigenvalue weighted by Gasteiger charge is -2.19. The van der Waals surface area contributed by atoms with Crippen molar-refractivity contribution in [3.05, 3.63) is 28.7 Å². The number of quaternary nitrogens is 2. The molecule has 4 N–H and O–H groups in total. The van der Waals surface area contributed by atoms with E-state index >= 15 is 0 Å². The van der Waals surface area contributed by atoms with E-state index in [1.165, 1.54) is 4.90 Å². The number of amides is 1. The Balaban J connectivity index is 2.50. The first-order valence-electron chi connectivity index (χ1n) is 7.90. The van der Waals surface area contributed by atoms with Crippen molar-refractivity contribution in [1.29, 1.82) is 0 Å². The maximum Gasteiger partial charge on any atom is 0.230 e. The number of carboxylic acids is 1. The van der Waals surface area contributed by atoms with E-state index in [4.69, 9.17) is 0 Å². The van der Waals surface area contributed by atoms with E-state index < -0.39 is 12.0 Å². The van der Waals surface area contributed by atoms with Crippen molar-refractivity contribution in [2.24, 2.45) is 0 Å². The maximum atomic E-state index is 12.0. The van der Waals surface area contributed by atoms with Crippen molar-refractivity contribution >= 4 is 33.5 Å². The molecule has 1 atom stereocenters. The summed E-state index contributed by atoms with van der Waals surface area (Å²) in [6, 6.07) is 6.34. The summed E-state index contributed by atoms with van der Waals surface area (Å²) in [6.45, 7) is 7.72. The molecule has 0 aromatic heterocycles. The van der Waals surface area contributed by atoms with Gasteiger partial charge in [0.15, 0.2) is 0 Å². The van der Waals surface area contributed by atoms with Crippen LogP contribution in [0.3, 0.4) is 0 Å². The van der Waals surface area contributed by atoms with Crippen LogP contribution in [-0.4, -0.2) is 44.1 Å². The van der Waals surface area contributed by atoms with Crippen LogP contribution in [0, 0.1) is 0 Å². The molecule has 0 aliphatic rings. The second-order valence-corrected chi connectivity index (χ2v) is 6.24. The molecule has 1 aromatic rings. The predicted molar refractivity (Wildman–Crippen MR) is 89.9 cm³/mol. The Labute approximate surface area is 145 Å². The number of nitrogens with one attached hydrogen (secondary N) is 2. The summed E-state index contributed by atoms with van der Waals surface area (Å²) >= 11 is 3.34. The number of rotatable bonds is 10. The molecule has 0 fully saturated rings. The van der Waals surface area contributed by atoms with Crippen molar-refractivity contribution in [3.8, 4) is 0 Å². The van der Waals surface area contributed by atoms with E-state index in [-0.39, 0.29) is 12.3 Å². The van der Waals surface area contributed by atoms with Crippen molar-refractivity contribution in [1.82, 2.24) is 0 Å². The van der Waals surface area contributed by atoms with E-state index in [1.54, 1.807) is 17.4 Å². The Morgan fingerprint density at radius 1 is 1.30 bits per heavy atom. The molecule has 128 valence electrons. The Hall–Kier alpha value is -1.44. The summed E-state index contributed by atoms with van der Waals surface area (Å²) in [7, 11) is 0. The number of anilines is 1. The lowest BCUT2D eigenvalue weighted by molar-refractivity contribution is -0.910. The number of hydrogen-bond donors (Lipinski definition) is 3. The molecule has 0 aliphatic carbocycles. The third-order valence-electron chi connectivity index (χ3n) is 3.81. The zero-order valence-electron chi connectivity index (χ0n) is 13.6. The van der Waals surface area contributed by atoms with Crippen LogP contribution in [0.4, 0.5) is 5.69 Å². The van der Waals surface area contributed by atoms with Gasteiger partial charge in [-0.3, -0.25) is 4.79 Å². The third kappa shape index (κ3) is 7.11. The van der Waals surface area contributed by atoms with Gasteiger partial charge in [0.25, 0.3) is 0 Å². The maximum absolute atomic E-state index is 12.0. The van der Waals surface area contributed by atoms with E-state index in [0.29, 0.717) is 12.2 Å². The van der Waals surface area contributed by atoms with Crippen LogP contribution in [0.1, 0.15) is 20.3 Å². The highest BCUT2D eigenvalue weighted by Crippen LogP contribution is 2.21. The third-order valence-corrected chi connectivity index (χ3v) is 4.50. The highest BCUT2D eigenvalue weighted by molar-refractivity contribution is 9.10. The first kappa shape index (κ1) is 19.6. The van der Waals surface area contributed by atoms with Crippen molar-refractivity contribution in [2.45, 2.75) is 26.3 Å². The molecule has 0 unspecified atom stereocenters. The minimum atomic E-state index is -1.21. The minimum Gasteiger partial charge on any atom is -0.544 e.